The molecule has 0 amide bonds. The zero-order valence-corrected chi connectivity index (χ0v) is 6.13. The largest absolute Gasteiger partial charge is 0.538 e. The van der Waals surface area contributed by atoms with Crippen LogP contribution in [0.5, 0.6) is 0 Å². The average Bonchev–Trinajstić information content (AvgIpc) is 2.11. The second-order valence-electron chi connectivity index (χ2n) is 2.45. The van der Waals surface area contributed by atoms with Gasteiger partial charge >= 0.3 is 0 Å². The van der Waals surface area contributed by atoms with Gasteiger partial charge in [0.15, 0.2) is 5.97 Å². The summed E-state index contributed by atoms with van der Waals surface area (Å²) in [4.78, 5) is 12.1. The summed E-state index contributed by atoms with van der Waals surface area (Å²) in [7, 11) is 3.49. The third-order valence-corrected chi connectivity index (χ3v) is 1.68. The normalized spacial score (nSPS) is 18.4. The fourth-order valence-electron chi connectivity index (χ4n) is 1.11. The topological polar surface area (TPSA) is 46.4 Å². The Morgan fingerprint density at radius 2 is 2.40 bits per heavy atom. The smallest absolute Gasteiger partial charge is 0.295 e. The predicted molar refractivity (Wildman–Crippen MR) is 33.7 cm³/mol. The van der Waals surface area contributed by atoms with E-state index < -0.39 is 5.97 Å². The van der Waals surface area contributed by atoms with Crippen molar-refractivity contribution < 1.29 is 14.5 Å². The van der Waals surface area contributed by atoms with E-state index in [4.69, 9.17) is 0 Å². The molecule has 1 aliphatic rings. The highest BCUT2D eigenvalue weighted by Gasteiger charge is 2.25. The maximum Gasteiger partial charge on any atom is 0.295 e. The lowest BCUT2D eigenvalue weighted by Crippen LogP contribution is -2.42. The summed E-state index contributed by atoms with van der Waals surface area (Å²) in [6.07, 6.45) is 0. The van der Waals surface area contributed by atoms with Crippen molar-refractivity contribution >= 4 is 11.8 Å². The molecule has 0 aliphatic carbocycles. The van der Waals surface area contributed by atoms with Crippen LogP contribution in [0.4, 0.5) is 0 Å². The highest BCUT2D eigenvalue weighted by atomic mass is 16.4. The summed E-state index contributed by atoms with van der Waals surface area (Å²) in [5, 5.41) is 10.4. The maximum absolute atomic E-state index is 10.4. The molecule has 0 aromatic carbocycles. The van der Waals surface area contributed by atoms with Crippen LogP contribution in [-0.2, 0) is 4.79 Å². The standard InChI is InChI=1S/C6H10N2O2/c1-7-3-4-8(2)5(7)6(9)10/h3-4H2,1-2H3. The first-order valence-electron chi connectivity index (χ1n) is 3.13. The van der Waals surface area contributed by atoms with E-state index in [0.717, 1.165) is 13.1 Å². The quantitative estimate of drug-likeness (QED) is 0.388. The van der Waals surface area contributed by atoms with Crippen molar-refractivity contribution in [1.82, 2.24) is 4.90 Å². The van der Waals surface area contributed by atoms with Gasteiger partial charge in [-0.1, -0.05) is 0 Å². The highest BCUT2D eigenvalue weighted by molar-refractivity contribution is 6.31. The highest BCUT2D eigenvalue weighted by Crippen LogP contribution is 1.94. The van der Waals surface area contributed by atoms with Crippen molar-refractivity contribution in [2.45, 2.75) is 0 Å². The fraction of sp³-hybridized carbons (Fsp3) is 0.667. The number of carbonyl (C=O) groups is 1. The number of aliphatic carboxylic acids is 1. The Labute approximate surface area is 59.4 Å². The molecular weight excluding hydrogens is 132 g/mol. The first-order chi connectivity index (χ1) is 4.63. The van der Waals surface area contributed by atoms with Gasteiger partial charge in [-0.15, -0.1) is 0 Å². The van der Waals surface area contributed by atoms with Crippen LogP contribution in [-0.4, -0.2) is 48.5 Å². The van der Waals surface area contributed by atoms with Crippen LogP contribution in [0.15, 0.2) is 0 Å². The van der Waals surface area contributed by atoms with Gasteiger partial charge in [0, 0.05) is 0 Å². The molecule has 0 bridgehead atoms. The summed E-state index contributed by atoms with van der Waals surface area (Å²) in [5.74, 6) is -0.817. The van der Waals surface area contributed by atoms with Gasteiger partial charge in [0.2, 0.25) is 0 Å². The van der Waals surface area contributed by atoms with Crippen LogP contribution in [0, 0.1) is 0 Å². The van der Waals surface area contributed by atoms with E-state index in [2.05, 4.69) is 0 Å². The van der Waals surface area contributed by atoms with Crippen LogP contribution >= 0.6 is 0 Å². The van der Waals surface area contributed by atoms with Gasteiger partial charge in [0.05, 0.1) is 14.1 Å². The number of carboxylic acid groups (broad SMARTS) is 1. The number of hydrogen-bond donors (Lipinski definition) is 0. The first kappa shape index (κ1) is 7.05. The lowest BCUT2D eigenvalue weighted by Gasteiger charge is -2.05. The molecule has 0 unspecified atom stereocenters. The number of carboxylic acids is 1. The van der Waals surface area contributed by atoms with E-state index in [1.165, 1.54) is 0 Å². The molecule has 0 fully saturated rings. The van der Waals surface area contributed by atoms with Gasteiger partial charge in [-0.2, -0.15) is 0 Å². The molecule has 4 nitrogen and oxygen atoms in total. The SMILES string of the molecule is CN1CC[N+](C)=C1C(=O)[O-]. The Morgan fingerprint density at radius 1 is 1.80 bits per heavy atom. The average molecular weight is 142 g/mol. The first-order valence-corrected chi connectivity index (χ1v) is 3.13. The Kier molecular flexibility index (Phi) is 1.61. The monoisotopic (exact) mass is 142 g/mol. The molecular formula is C6H10N2O2. The Bertz CT molecular complexity index is 198. The van der Waals surface area contributed by atoms with E-state index in [1.54, 1.807) is 23.6 Å². The minimum atomic E-state index is -1.09. The summed E-state index contributed by atoms with van der Waals surface area (Å²) in [5.41, 5.74) is 0. The summed E-state index contributed by atoms with van der Waals surface area (Å²) < 4.78 is 1.68. The van der Waals surface area contributed by atoms with E-state index in [-0.39, 0.29) is 5.84 Å². The minimum Gasteiger partial charge on any atom is -0.538 e. The number of rotatable bonds is 1. The van der Waals surface area contributed by atoms with Crippen molar-refractivity contribution in [2.75, 3.05) is 27.2 Å². The van der Waals surface area contributed by atoms with Crippen molar-refractivity contribution in [1.29, 1.82) is 0 Å². The van der Waals surface area contributed by atoms with Crippen molar-refractivity contribution in [2.24, 2.45) is 0 Å². The third-order valence-electron chi connectivity index (χ3n) is 1.68. The third kappa shape index (κ3) is 0.964. The van der Waals surface area contributed by atoms with E-state index >= 15 is 0 Å². The van der Waals surface area contributed by atoms with Gasteiger partial charge in [0.25, 0.3) is 5.84 Å². The van der Waals surface area contributed by atoms with Gasteiger partial charge in [-0.3, -0.25) is 9.48 Å². The van der Waals surface area contributed by atoms with Gasteiger partial charge in [0.1, 0.15) is 13.1 Å². The molecule has 0 saturated carbocycles. The second-order valence-corrected chi connectivity index (χ2v) is 2.45. The lowest BCUT2D eigenvalue weighted by atomic mass is 10.5. The summed E-state index contributed by atoms with van der Waals surface area (Å²) in [6.45, 7) is 1.53. The Hall–Kier alpha value is -1.06. The molecule has 0 atom stereocenters. The summed E-state index contributed by atoms with van der Waals surface area (Å²) >= 11 is 0. The number of amidine groups is 1. The van der Waals surface area contributed by atoms with Crippen LogP contribution in [0.25, 0.3) is 0 Å². The molecule has 0 saturated heterocycles. The maximum atomic E-state index is 10.4. The molecule has 0 spiro atoms. The zero-order chi connectivity index (χ0) is 7.72. The molecule has 4 heteroatoms. The molecule has 56 valence electrons. The molecule has 0 aromatic rings. The number of likely N-dealkylation sites (N-methyl/N-ethyl adjacent to an activating group) is 2. The van der Waals surface area contributed by atoms with Gasteiger partial charge in [-0.05, 0) is 0 Å². The van der Waals surface area contributed by atoms with E-state index in [1.807, 2.05) is 0 Å². The predicted octanol–water partition coefficient (Wildman–Crippen LogP) is -2.28. The minimum absolute atomic E-state index is 0.278. The Morgan fingerprint density at radius 3 is 2.60 bits per heavy atom. The summed E-state index contributed by atoms with van der Waals surface area (Å²) in [6, 6.07) is 0. The van der Waals surface area contributed by atoms with Gasteiger partial charge in [-0.25, -0.2) is 0 Å². The van der Waals surface area contributed by atoms with E-state index in [9.17, 15) is 9.90 Å². The van der Waals surface area contributed by atoms with Crippen LogP contribution < -0.4 is 5.11 Å². The van der Waals surface area contributed by atoms with Crippen molar-refractivity contribution in [3.8, 4) is 0 Å². The van der Waals surface area contributed by atoms with Gasteiger partial charge < -0.3 is 9.90 Å². The van der Waals surface area contributed by atoms with Crippen molar-refractivity contribution in [3.05, 3.63) is 0 Å². The zero-order valence-electron chi connectivity index (χ0n) is 6.13. The molecule has 1 aliphatic heterocycles. The molecule has 0 radical (unpaired) electrons. The Balaban J connectivity index is 2.88. The molecule has 1 rings (SSSR count). The van der Waals surface area contributed by atoms with E-state index in [0.29, 0.717) is 0 Å². The lowest BCUT2D eigenvalue weighted by molar-refractivity contribution is -0.488. The van der Waals surface area contributed by atoms with Crippen molar-refractivity contribution in [3.63, 3.8) is 0 Å². The van der Waals surface area contributed by atoms with Crippen LogP contribution in [0.2, 0.25) is 0 Å². The number of carbonyl (C=O) groups excluding carboxylic acids is 1. The fourth-order valence-corrected chi connectivity index (χ4v) is 1.11. The van der Waals surface area contributed by atoms with Crippen LogP contribution in [0.3, 0.4) is 0 Å². The second kappa shape index (κ2) is 2.28. The number of nitrogens with zero attached hydrogens (tertiary/aromatic N) is 2. The molecule has 0 aromatic heterocycles. The molecule has 0 N–H and O–H groups in total. The van der Waals surface area contributed by atoms with Crippen LogP contribution in [0.1, 0.15) is 0 Å². The molecule has 1 heterocycles. The number of hydrogen-bond acceptors (Lipinski definition) is 3. The molecule has 10 heavy (non-hydrogen) atoms.